The van der Waals surface area contributed by atoms with Gasteiger partial charge >= 0.3 is 0 Å². The van der Waals surface area contributed by atoms with Crippen LogP contribution in [-0.2, 0) is 6.54 Å². The highest BCUT2D eigenvalue weighted by Gasteiger charge is 2.11. The van der Waals surface area contributed by atoms with Gasteiger partial charge < -0.3 is 9.64 Å². The summed E-state index contributed by atoms with van der Waals surface area (Å²) in [6, 6.07) is 15.4. The fraction of sp³-hybridized carbons (Fsp3) is 0.235. The standard InChI is InChI=1S/C17H19NO2S/c1-18(12-13-4-8-15(20-2)9-5-13)17(19)14-6-10-16(21-3)11-7-14/h4-11H,12H2,1-3H3. The average molecular weight is 301 g/mol. The second-order valence-corrected chi connectivity index (χ2v) is 5.62. The highest BCUT2D eigenvalue weighted by Crippen LogP contribution is 2.17. The summed E-state index contributed by atoms with van der Waals surface area (Å²) in [5.74, 6) is 0.846. The number of hydrogen-bond donors (Lipinski definition) is 0. The molecule has 0 unspecified atom stereocenters. The van der Waals surface area contributed by atoms with Crippen molar-refractivity contribution in [3.63, 3.8) is 0 Å². The third-order valence-electron chi connectivity index (χ3n) is 3.26. The molecule has 0 saturated heterocycles. The first-order valence-electron chi connectivity index (χ1n) is 6.66. The molecule has 0 fully saturated rings. The lowest BCUT2D eigenvalue weighted by Gasteiger charge is -2.17. The molecule has 0 atom stereocenters. The molecule has 2 rings (SSSR count). The molecule has 0 saturated carbocycles. The average Bonchev–Trinajstić information content (AvgIpc) is 2.55. The van der Waals surface area contributed by atoms with Gasteiger partial charge in [-0.3, -0.25) is 4.79 Å². The van der Waals surface area contributed by atoms with Gasteiger partial charge in [-0.05, 0) is 48.2 Å². The van der Waals surface area contributed by atoms with E-state index in [9.17, 15) is 4.79 Å². The van der Waals surface area contributed by atoms with Crippen molar-refractivity contribution in [2.24, 2.45) is 0 Å². The third kappa shape index (κ3) is 4.02. The van der Waals surface area contributed by atoms with Gasteiger partial charge in [0.15, 0.2) is 0 Å². The van der Waals surface area contributed by atoms with E-state index >= 15 is 0 Å². The van der Waals surface area contributed by atoms with Crippen LogP contribution in [0.15, 0.2) is 53.4 Å². The van der Waals surface area contributed by atoms with E-state index in [1.165, 1.54) is 0 Å². The van der Waals surface area contributed by atoms with Gasteiger partial charge in [0.1, 0.15) is 5.75 Å². The van der Waals surface area contributed by atoms with Crippen molar-refractivity contribution >= 4 is 17.7 Å². The van der Waals surface area contributed by atoms with Crippen LogP contribution in [0, 0.1) is 0 Å². The van der Waals surface area contributed by atoms with Gasteiger partial charge in [-0.15, -0.1) is 11.8 Å². The number of methoxy groups -OCH3 is 1. The lowest BCUT2D eigenvalue weighted by Crippen LogP contribution is -2.26. The maximum atomic E-state index is 12.4. The maximum Gasteiger partial charge on any atom is 0.253 e. The highest BCUT2D eigenvalue weighted by molar-refractivity contribution is 7.98. The number of carbonyl (C=O) groups excluding carboxylic acids is 1. The molecule has 0 bridgehead atoms. The Bertz CT molecular complexity index is 593. The number of ether oxygens (including phenoxy) is 1. The molecule has 21 heavy (non-hydrogen) atoms. The Balaban J connectivity index is 2.03. The number of nitrogens with zero attached hydrogens (tertiary/aromatic N) is 1. The summed E-state index contributed by atoms with van der Waals surface area (Å²) in [5, 5.41) is 0. The van der Waals surface area contributed by atoms with E-state index in [2.05, 4.69) is 0 Å². The Morgan fingerprint density at radius 2 is 1.71 bits per heavy atom. The van der Waals surface area contributed by atoms with Crippen LogP contribution in [-0.4, -0.2) is 31.2 Å². The highest BCUT2D eigenvalue weighted by atomic mass is 32.2. The van der Waals surface area contributed by atoms with Crippen molar-refractivity contribution in [2.45, 2.75) is 11.4 Å². The fourth-order valence-electron chi connectivity index (χ4n) is 2.03. The summed E-state index contributed by atoms with van der Waals surface area (Å²) in [4.78, 5) is 15.2. The Labute approximate surface area is 129 Å². The number of hydrogen-bond acceptors (Lipinski definition) is 3. The molecule has 0 aliphatic rings. The van der Waals surface area contributed by atoms with Crippen LogP contribution < -0.4 is 4.74 Å². The van der Waals surface area contributed by atoms with Gasteiger partial charge in [-0.2, -0.15) is 0 Å². The van der Waals surface area contributed by atoms with E-state index in [-0.39, 0.29) is 5.91 Å². The molecule has 0 radical (unpaired) electrons. The molecule has 2 aromatic carbocycles. The van der Waals surface area contributed by atoms with Crippen molar-refractivity contribution in [2.75, 3.05) is 20.4 Å². The summed E-state index contributed by atoms with van der Waals surface area (Å²) in [5.41, 5.74) is 1.79. The molecule has 0 heterocycles. The third-order valence-corrected chi connectivity index (χ3v) is 4.01. The van der Waals surface area contributed by atoms with Crippen LogP contribution in [0.5, 0.6) is 5.75 Å². The molecule has 0 spiro atoms. The van der Waals surface area contributed by atoms with E-state index in [1.807, 2.05) is 61.8 Å². The molecule has 0 aliphatic carbocycles. The van der Waals surface area contributed by atoms with Crippen molar-refractivity contribution in [1.29, 1.82) is 0 Å². The van der Waals surface area contributed by atoms with Crippen LogP contribution in [0.2, 0.25) is 0 Å². The summed E-state index contributed by atoms with van der Waals surface area (Å²) in [6.07, 6.45) is 2.02. The van der Waals surface area contributed by atoms with Crippen LogP contribution in [0.25, 0.3) is 0 Å². The van der Waals surface area contributed by atoms with Gasteiger partial charge in [0.2, 0.25) is 0 Å². The molecular weight excluding hydrogens is 282 g/mol. The summed E-state index contributed by atoms with van der Waals surface area (Å²) in [7, 11) is 3.46. The van der Waals surface area contributed by atoms with E-state index in [4.69, 9.17) is 4.74 Å². The first kappa shape index (κ1) is 15.4. The Morgan fingerprint density at radius 1 is 1.10 bits per heavy atom. The normalized spacial score (nSPS) is 10.2. The van der Waals surface area contributed by atoms with E-state index in [1.54, 1.807) is 23.8 Å². The van der Waals surface area contributed by atoms with Crippen molar-refractivity contribution in [1.82, 2.24) is 4.90 Å². The van der Waals surface area contributed by atoms with E-state index in [0.717, 1.165) is 16.2 Å². The fourth-order valence-corrected chi connectivity index (χ4v) is 2.44. The van der Waals surface area contributed by atoms with E-state index < -0.39 is 0 Å². The molecular formula is C17H19NO2S. The predicted molar refractivity (Wildman–Crippen MR) is 87.0 cm³/mol. The number of carbonyl (C=O) groups is 1. The predicted octanol–water partition coefficient (Wildman–Crippen LogP) is 3.69. The maximum absolute atomic E-state index is 12.4. The monoisotopic (exact) mass is 301 g/mol. The quantitative estimate of drug-likeness (QED) is 0.789. The van der Waals surface area contributed by atoms with Crippen molar-refractivity contribution in [3.05, 3.63) is 59.7 Å². The minimum absolute atomic E-state index is 0.0264. The van der Waals surface area contributed by atoms with Gasteiger partial charge in [0.05, 0.1) is 7.11 Å². The number of thioether (sulfide) groups is 1. The molecule has 2 aromatic rings. The van der Waals surface area contributed by atoms with Gasteiger partial charge in [0, 0.05) is 24.1 Å². The second-order valence-electron chi connectivity index (χ2n) is 4.74. The molecule has 0 aromatic heterocycles. The van der Waals surface area contributed by atoms with Crippen molar-refractivity contribution in [3.8, 4) is 5.75 Å². The largest absolute Gasteiger partial charge is 0.497 e. The molecule has 3 nitrogen and oxygen atoms in total. The topological polar surface area (TPSA) is 29.5 Å². The lowest BCUT2D eigenvalue weighted by atomic mass is 10.1. The first-order valence-corrected chi connectivity index (χ1v) is 7.89. The summed E-state index contributed by atoms with van der Waals surface area (Å²) in [6.45, 7) is 0.576. The van der Waals surface area contributed by atoms with Gasteiger partial charge in [0.25, 0.3) is 5.91 Å². The Morgan fingerprint density at radius 3 is 2.24 bits per heavy atom. The van der Waals surface area contributed by atoms with Gasteiger partial charge in [-0.25, -0.2) is 0 Å². The Hall–Kier alpha value is -1.94. The van der Waals surface area contributed by atoms with Crippen LogP contribution in [0.1, 0.15) is 15.9 Å². The zero-order valence-electron chi connectivity index (χ0n) is 12.5. The number of amides is 1. The SMILES string of the molecule is COc1ccc(CN(C)C(=O)c2ccc(SC)cc2)cc1. The zero-order valence-corrected chi connectivity index (χ0v) is 13.3. The Kier molecular flexibility index (Phi) is 5.28. The van der Waals surface area contributed by atoms with Gasteiger partial charge in [-0.1, -0.05) is 12.1 Å². The first-order chi connectivity index (χ1) is 10.1. The zero-order chi connectivity index (χ0) is 15.2. The molecule has 4 heteroatoms. The molecule has 1 amide bonds. The molecule has 0 aliphatic heterocycles. The van der Waals surface area contributed by atoms with Crippen molar-refractivity contribution < 1.29 is 9.53 Å². The van der Waals surface area contributed by atoms with Crippen LogP contribution in [0.4, 0.5) is 0 Å². The second kappa shape index (κ2) is 7.18. The summed E-state index contributed by atoms with van der Waals surface area (Å²) < 4.78 is 5.13. The molecule has 110 valence electrons. The summed E-state index contributed by atoms with van der Waals surface area (Å²) >= 11 is 1.67. The number of rotatable bonds is 5. The molecule has 0 N–H and O–H groups in total. The van der Waals surface area contributed by atoms with Crippen LogP contribution in [0.3, 0.4) is 0 Å². The lowest BCUT2D eigenvalue weighted by molar-refractivity contribution is 0.0785. The minimum Gasteiger partial charge on any atom is -0.497 e. The minimum atomic E-state index is 0.0264. The van der Waals surface area contributed by atoms with Crippen LogP contribution >= 0.6 is 11.8 Å². The van der Waals surface area contributed by atoms with E-state index in [0.29, 0.717) is 12.1 Å². The smallest absolute Gasteiger partial charge is 0.253 e. The number of benzene rings is 2.